The van der Waals surface area contributed by atoms with E-state index in [1.165, 1.54) is 0 Å². The fraction of sp³-hybridized carbons (Fsp3) is 1.00. The molecule has 0 saturated carbocycles. The molecule has 5 nitrogen and oxygen atoms in total. The number of hydrogen-bond acceptors (Lipinski definition) is 4. The van der Waals surface area contributed by atoms with E-state index < -0.39 is 0 Å². The van der Waals surface area contributed by atoms with Crippen molar-refractivity contribution in [2.75, 3.05) is 19.8 Å². The van der Waals surface area contributed by atoms with Gasteiger partial charge in [0.05, 0.1) is 19.6 Å². The molecule has 0 aromatic heterocycles. The van der Waals surface area contributed by atoms with E-state index in [-0.39, 0.29) is 17.8 Å². The van der Waals surface area contributed by atoms with E-state index in [1.54, 1.807) is 0 Å². The highest BCUT2D eigenvalue weighted by atomic mass is 16.7. The van der Waals surface area contributed by atoms with Crippen LogP contribution in [0.5, 0.6) is 0 Å². The lowest BCUT2D eigenvalue weighted by molar-refractivity contribution is -0.483. The third kappa shape index (κ3) is 2.28. The van der Waals surface area contributed by atoms with Crippen LogP contribution in [-0.2, 0) is 9.47 Å². The Bertz CT molecular complexity index is 121. The Kier molecular flexibility index (Phi) is 2.58. The van der Waals surface area contributed by atoms with Gasteiger partial charge in [-0.05, 0) is 0 Å². The molecule has 0 aromatic rings. The van der Waals surface area contributed by atoms with Gasteiger partial charge in [0.25, 0.3) is 0 Å². The molecule has 1 fully saturated rings. The summed E-state index contributed by atoms with van der Waals surface area (Å²) in [7, 11) is 0. The van der Waals surface area contributed by atoms with Crippen molar-refractivity contribution in [1.29, 1.82) is 0 Å². The maximum atomic E-state index is 9.85. The fourth-order valence-electron chi connectivity index (χ4n) is 0.785. The molecule has 0 radical (unpaired) electrons. The first-order chi connectivity index (χ1) is 4.79. The molecular weight excluding hydrogens is 138 g/mol. The molecule has 0 spiro atoms. The van der Waals surface area contributed by atoms with Gasteiger partial charge in [-0.3, -0.25) is 10.1 Å². The van der Waals surface area contributed by atoms with E-state index >= 15 is 0 Å². The molecule has 10 heavy (non-hydrogen) atoms. The topological polar surface area (TPSA) is 61.6 Å². The molecule has 0 atom stereocenters. The summed E-state index contributed by atoms with van der Waals surface area (Å²) in [4.78, 5) is 9.48. The van der Waals surface area contributed by atoms with Gasteiger partial charge in [-0.25, -0.2) is 0 Å². The number of rotatable bonds is 3. The first kappa shape index (κ1) is 7.43. The fourth-order valence-corrected chi connectivity index (χ4v) is 0.785. The maximum absolute atomic E-state index is 9.85. The molecular formula is C5H9NO4. The van der Waals surface area contributed by atoms with Gasteiger partial charge >= 0.3 is 0 Å². The molecule has 0 aliphatic carbocycles. The Labute approximate surface area is 58.1 Å². The molecule has 0 N–H and O–H groups in total. The predicted molar refractivity (Wildman–Crippen MR) is 32.2 cm³/mol. The molecule has 1 aliphatic rings. The summed E-state index contributed by atoms with van der Waals surface area (Å²) in [6, 6.07) is 0. The Balaban J connectivity index is 2.07. The standard InChI is InChI=1S/C5H9NO4/c7-6(8)2-1-5-9-3-4-10-5/h5H,1-4H2. The predicted octanol–water partition coefficient (Wildman–Crippen LogP) is 0.0261. The second kappa shape index (κ2) is 3.48. The normalized spacial score (nSPS) is 19.6. The lowest BCUT2D eigenvalue weighted by atomic mass is 10.4. The molecule has 58 valence electrons. The van der Waals surface area contributed by atoms with E-state index in [4.69, 9.17) is 9.47 Å². The monoisotopic (exact) mass is 147 g/mol. The Morgan fingerprint density at radius 2 is 2.10 bits per heavy atom. The van der Waals surface area contributed by atoms with Crippen LogP contribution in [0.3, 0.4) is 0 Å². The first-order valence-corrected chi connectivity index (χ1v) is 3.14. The van der Waals surface area contributed by atoms with Gasteiger partial charge in [-0.1, -0.05) is 0 Å². The number of ether oxygens (including phenoxy) is 2. The van der Waals surface area contributed by atoms with Crippen LogP contribution in [0.2, 0.25) is 0 Å². The van der Waals surface area contributed by atoms with Crippen LogP contribution in [0, 0.1) is 10.1 Å². The van der Waals surface area contributed by atoms with Crippen molar-refractivity contribution in [3.63, 3.8) is 0 Å². The van der Waals surface area contributed by atoms with Gasteiger partial charge in [0.2, 0.25) is 6.54 Å². The van der Waals surface area contributed by atoms with E-state index in [0.717, 1.165) is 0 Å². The molecule has 1 rings (SSSR count). The average molecular weight is 147 g/mol. The van der Waals surface area contributed by atoms with Crippen LogP contribution in [0.4, 0.5) is 0 Å². The third-order valence-corrected chi connectivity index (χ3v) is 1.24. The first-order valence-electron chi connectivity index (χ1n) is 3.14. The SMILES string of the molecule is O=[N+]([O-])CCC1OCCO1. The minimum Gasteiger partial charge on any atom is -0.350 e. The van der Waals surface area contributed by atoms with E-state index in [0.29, 0.717) is 19.6 Å². The second-order valence-corrected chi connectivity index (χ2v) is 2.02. The molecule has 1 heterocycles. The zero-order valence-corrected chi connectivity index (χ0v) is 5.49. The zero-order valence-electron chi connectivity index (χ0n) is 5.49. The largest absolute Gasteiger partial charge is 0.350 e. The van der Waals surface area contributed by atoms with E-state index in [1.807, 2.05) is 0 Å². The number of nitrogens with zero attached hydrogens (tertiary/aromatic N) is 1. The number of nitro groups is 1. The summed E-state index contributed by atoms with van der Waals surface area (Å²) in [6.07, 6.45) is 0.0119. The van der Waals surface area contributed by atoms with Crippen molar-refractivity contribution in [1.82, 2.24) is 0 Å². The summed E-state index contributed by atoms with van der Waals surface area (Å²) in [5, 5.41) is 9.85. The van der Waals surface area contributed by atoms with Gasteiger partial charge in [-0.2, -0.15) is 0 Å². The van der Waals surface area contributed by atoms with Gasteiger partial charge in [0, 0.05) is 4.92 Å². The van der Waals surface area contributed by atoms with Crippen LogP contribution in [0.25, 0.3) is 0 Å². The second-order valence-electron chi connectivity index (χ2n) is 2.02. The summed E-state index contributed by atoms with van der Waals surface area (Å²) in [5.41, 5.74) is 0. The van der Waals surface area contributed by atoms with Gasteiger partial charge in [0.1, 0.15) is 0 Å². The van der Waals surface area contributed by atoms with E-state index in [9.17, 15) is 10.1 Å². The minimum atomic E-state index is -0.370. The average Bonchev–Trinajstić information content (AvgIpc) is 2.34. The molecule has 0 bridgehead atoms. The highest BCUT2D eigenvalue weighted by Gasteiger charge is 2.17. The van der Waals surface area contributed by atoms with Crippen LogP contribution < -0.4 is 0 Å². The van der Waals surface area contributed by atoms with Crippen LogP contribution in [0.15, 0.2) is 0 Å². The van der Waals surface area contributed by atoms with Crippen molar-refractivity contribution in [3.8, 4) is 0 Å². The molecule has 0 amide bonds. The smallest absolute Gasteiger partial charge is 0.208 e. The van der Waals surface area contributed by atoms with Crippen LogP contribution in [0.1, 0.15) is 6.42 Å². The Morgan fingerprint density at radius 3 is 2.60 bits per heavy atom. The molecule has 5 heteroatoms. The molecule has 0 aromatic carbocycles. The molecule has 1 aliphatic heterocycles. The lowest BCUT2D eigenvalue weighted by Crippen LogP contribution is -2.13. The van der Waals surface area contributed by atoms with Crippen molar-refractivity contribution >= 4 is 0 Å². The lowest BCUT2D eigenvalue weighted by Gasteiger charge is -2.03. The summed E-state index contributed by atoms with van der Waals surface area (Å²) < 4.78 is 9.95. The summed E-state index contributed by atoms with van der Waals surface area (Å²) >= 11 is 0. The van der Waals surface area contributed by atoms with Gasteiger partial charge < -0.3 is 9.47 Å². The summed E-state index contributed by atoms with van der Waals surface area (Å²) in [6.45, 7) is 1.04. The van der Waals surface area contributed by atoms with Crippen LogP contribution >= 0.6 is 0 Å². The highest BCUT2D eigenvalue weighted by molar-refractivity contribution is 4.50. The van der Waals surface area contributed by atoms with Crippen molar-refractivity contribution in [3.05, 3.63) is 10.1 Å². The number of hydrogen-bond donors (Lipinski definition) is 0. The molecule has 0 unspecified atom stereocenters. The Hall–Kier alpha value is -0.680. The third-order valence-electron chi connectivity index (χ3n) is 1.24. The maximum Gasteiger partial charge on any atom is 0.208 e. The van der Waals surface area contributed by atoms with Crippen molar-refractivity contribution in [2.45, 2.75) is 12.7 Å². The quantitative estimate of drug-likeness (QED) is 0.417. The minimum absolute atomic E-state index is 0.0787. The molecule has 1 saturated heterocycles. The van der Waals surface area contributed by atoms with Crippen LogP contribution in [-0.4, -0.2) is 31.0 Å². The van der Waals surface area contributed by atoms with Gasteiger partial charge in [-0.15, -0.1) is 0 Å². The van der Waals surface area contributed by atoms with E-state index in [2.05, 4.69) is 0 Å². The van der Waals surface area contributed by atoms with Crippen molar-refractivity contribution in [2.24, 2.45) is 0 Å². The van der Waals surface area contributed by atoms with Crippen molar-refractivity contribution < 1.29 is 14.4 Å². The zero-order chi connectivity index (χ0) is 7.40. The van der Waals surface area contributed by atoms with Gasteiger partial charge in [0.15, 0.2) is 6.29 Å². The Morgan fingerprint density at radius 1 is 1.50 bits per heavy atom. The summed E-state index contributed by atoms with van der Waals surface area (Å²) in [5.74, 6) is 0. The highest BCUT2D eigenvalue weighted by Crippen LogP contribution is 2.06.